The lowest BCUT2D eigenvalue weighted by Crippen LogP contribution is -2.49. The quantitative estimate of drug-likeness (QED) is 0.344. The minimum absolute atomic E-state index is 0. The topological polar surface area (TPSA) is 64.1 Å². The monoisotopic (exact) mass is 581 g/mol. The molecule has 2 fully saturated rings. The zero-order valence-corrected chi connectivity index (χ0v) is 23.8. The van der Waals surface area contributed by atoms with Gasteiger partial charge >= 0.3 is 5.97 Å². The van der Waals surface area contributed by atoms with Crippen LogP contribution in [0.25, 0.3) is 0 Å². The van der Waals surface area contributed by atoms with Crippen molar-refractivity contribution in [2.75, 3.05) is 45.3 Å². The Bertz CT molecular complexity index is 1130. The lowest BCUT2D eigenvalue weighted by atomic mass is 9.95. The number of piperazine rings is 1. The van der Waals surface area contributed by atoms with Gasteiger partial charge in [0.2, 0.25) is 0 Å². The zero-order chi connectivity index (χ0) is 24.3. The van der Waals surface area contributed by atoms with Gasteiger partial charge in [-0.3, -0.25) is 9.69 Å². The van der Waals surface area contributed by atoms with Gasteiger partial charge in [0.1, 0.15) is 17.0 Å². The summed E-state index contributed by atoms with van der Waals surface area (Å²) in [6, 6.07) is 23.5. The maximum Gasteiger partial charge on any atom is 0.321 e. The third-order valence-corrected chi connectivity index (χ3v) is 7.07. The number of esters is 1. The molecular formula is C28H34Cl3N3O4. The number of carbonyl (C=O) groups is 1. The highest BCUT2D eigenvalue weighted by Crippen LogP contribution is 2.52. The summed E-state index contributed by atoms with van der Waals surface area (Å²) in [6.07, 6.45) is 1.74. The van der Waals surface area contributed by atoms with Crippen LogP contribution < -0.4 is 9.64 Å². The van der Waals surface area contributed by atoms with Crippen molar-refractivity contribution in [3.05, 3.63) is 90.1 Å². The lowest BCUT2D eigenvalue weighted by molar-refractivity contribution is -0.165. The number of halogens is 3. The van der Waals surface area contributed by atoms with Crippen molar-refractivity contribution in [1.82, 2.24) is 9.88 Å². The third kappa shape index (κ3) is 6.35. The van der Waals surface area contributed by atoms with E-state index in [0.29, 0.717) is 6.42 Å². The van der Waals surface area contributed by atoms with E-state index in [1.165, 1.54) is 0 Å². The smallest absolute Gasteiger partial charge is 0.321 e. The molecule has 2 heterocycles. The Kier molecular flexibility index (Phi) is 11.7. The van der Waals surface area contributed by atoms with Crippen LogP contribution >= 0.6 is 37.2 Å². The molecule has 1 aromatic heterocycles. The van der Waals surface area contributed by atoms with Crippen LogP contribution in [0.3, 0.4) is 0 Å². The summed E-state index contributed by atoms with van der Waals surface area (Å²) >= 11 is 0. The summed E-state index contributed by atoms with van der Waals surface area (Å²) in [5.41, 5.74) is 1.05. The number of carbonyl (C=O) groups excluding carboxylic acids is 1. The number of hydrogen-bond acceptors (Lipinski definition) is 7. The third-order valence-electron chi connectivity index (χ3n) is 7.07. The van der Waals surface area contributed by atoms with Crippen LogP contribution in [0.2, 0.25) is 0 Å². The van der Waals surface area contributed by atoms with E-state index in [1.54, 1.807) is 14.2 Å². The highest BCUT2D eigenvalue weighted by atomic mass is 35.5. The Morgan fingerprint density at radius 1 is 0.895 bits per heavy atom. The first-order valence-corrected chi connectivity index (χ1v) is 12.0. The molecule has 0 amide bonds. The van der Waals surface area contributed by atoms with Gasteiger partial charge in [-0.1, -0.05) is 48.5 Å². The Labute approximate surface area is 242 Å². The maximum absolute atomic E-state index is 13.8. The van der Waals surface area contributed by atoms with Gasteiger partial charge in [0.25, 0.3) is 0 Å². The number of nitrogens with zero attached hydrogens (tertiary/aromatic N) is 3. The molecule has 3 atom stereocenters. The van der Waals surface area contributed by atoms with E-state index >= 15 is 0 Å². The molecule has 3 aromatic rings. The molecule has 1 aliphatic heterocycles. The number of benzene rings is 2. The van der Waals surface area contributed by atoms with Gasteiger partial charge in [0, 0.05) is 45.0 Å². The molecule has 1 saturated heterocycles. The average molecular weight is 583 g/mol. The average Bonchev–Trinajstić information content (AvgIpc) is 3.69. The molecule has 206 valence electrons. The largest absolute Gasteiger partial charge is 0.497 e. The van der Waals surface area contributed by atoms with Crippen molar-refractivity contribution >= 4 is 49.0 Å². The highest BCUT2D eigenvalue weighted by Gasteiger charge is 2.64. The van der Waals surface area contributed by atoms with Crippen LogP contribution in [0.1, 0.15) is 23.8 Å². The predicted octanol–water partition coefficient (Wildman–Crippen LogP) is 5.08. The summed E-state index contributed by atoms with van der Waals surface area (Å²) in [6.45, 7) is 3.13. The van der Waals surface area contributed by atoms with Gasteiger partial charge in [0.05, 0.1) is 13.2 Å². The van der Waals surface area contributed by atoms with Crippen LogP contribution in [-0.4, -0.2) is 62.4 Å². The van der Waals surface area contributed by atoms with Crippen LogP contribution in [-0.2, 0) is 19.7 Å². The van der Waals surface area contributed by atoms with E-state index in [9.17, 15) is 4.79 Å². The molecule has 1 saturated carbocycles. The summed E-state index contributed by atoms with van der Waals surface area (Å²) in [5.74, 6) is 1.47. The van der Waals surface area contributed by atoms with Gasteiger partial charge in [-0.05, 0) is 36.2 Å². The van der Waals surface area contributed by atoms with E-state index in [4.69, 9.17) is 14.2 Å². The molecule has 2 aromatic carbocycles. The van der Waals surface area contributed by atoms with E-state index < -0.39 is 11.6 Å². The molecule has 0 bridgehead atoms. The van der Waals surface area contributed by atoms with Crippen molar-refractivity contribution in [3.63, 3.8) is 0 Å². The van der Waals surface area contributed by atoms with Crippen LogP contribution in [0.5, 0.6) is 5.75 Å². The first-order chi connectivity index (χ1) is 17.2. The molecule has 10 heteroatoms. The van der Waals surface area contributed by atoms with Crippen LogP contribution in [0.15, 0.2) is 79.0 Å². The molecule has 1 unspecified atom stereocenters. The maximum atomic E-state index is 13.8. The number of ether oxygens (including phenoxy) is 3. The fourth-order valence-corrected chi connectivity index (χ4v) is 4.95. The second kappa shape index (κ2) is 14.0. The fourth-order valence-electron chi connectivity index (χ4n) is 4.95. The van der Waals surface area contributed by atoms with Crippen molar-refractivity contribution < 1.29 is 19.0 Å². The van der Waals surface area contributed by atoms with Crippen LogP contribution in [0.4, 0.5) is 5.82 Å². The van der Waals surface area contributed by atoms with Crippen molar-refractivity contribution in [2.24, 2.45) is 0 Å². The Balaban J connectivity index is 0.00000169. The van der Waals surface area contributed by atoms with E-state index in [1.807, 2.05) is 79.0 Å². The van der Waals surface area contributed by atoms with Crippen molar-refractivity contribution in [3.8, 4) is 5.75 Å². The molecule has 0 radical (unpaired) electrons. The van der Waals surface area contributed by atoms with Gasteiger partial charge in [0.15, 0.2) is 6.23 Å². The SMILES string of the molecule is COc1ccc([C@@]2(C(=O)OC(c3ccccc3)N3CCN(c4ccccn4)CC3)C[C@@H]2OC)cc1.Cl.Cl.Cl. The van der Waals surface area contributed by atoms with Gasteiger partial charge in [-0.25, -0.2) is 4.98 Å². The molecule has 1 aliphatic carbocycles. The van der Waals surface area contributed by atoms with Crippen molar-refractivity contribution in [1.29, 1.82) is 0 Å². The molecule has 0 N–H and O–H groups in total. The van der Waals surface area contributed by atoms with Gasteiger partial charge < -0.3 is 19.1 Å². The molecule has 0 spiro atoms. The van der Waals surface area contributed by atoms with Gasteiger partial charge in [-0.15, -0.1) is 37.2 Å². The number of aromatic nitrogens is 1. The Hall–Kier alpha value is -2.55. The predicted molar refractivity (Wildman–Crippen MR) is 155 cm³/mol. The normalized spacial score (nSPS) is 21.1. The summed E-state index contributed by atoms with van der Waals surface area (Å²) in [7, 11) is 3.28. The number of hydrogen-bond donors (Lipinski definition) is 0. The summed E-state index contributed by atoms with van der Waals surface area (Å²) < 4.78 is 17.3. The first-order valence-electron chi connectivity index (χ1n) is 12.0. The summed E-state index contributed by atoms with van der Waals surface area (Å²) in [4.78, 5) is 22.8. The molecular weight excluding hydrogens is 549 g/mol. The number of anilines is 1. The second-order valence-corrected chi connectivity index (χ2v) is 9.01. The molecule has 5 rings (SSSR count). The number of rotatable bonds is 8. The number of methoxy groups -OCH3 is 2. The van der Waals surface area contributed by atoms with E-state index in [-0.39, 0.29) is 49.3 Å². The van der Waals surface area contributed by atoms with Gasteiger partial charge in [-0.2, -0.15) is 0 Å². The number of pyridine rings is 1. The minimum Gasteiger partial charge on any atom is -0.497 e. The molecule has 2 aliphatic rings. The fraction of sp³-hybridized carbons (Fsp3) is 0.357. The van der Waals surface area contributed by atoms with E-state index in [0.717, 1.165) is 48.9 Å². The van der Waals surface area contributed by atoms with E-state index in [2.05, 4.69) is 14.8 Å². The second-order valence-electron chi connectivity index (χ2n) is 9.01. The van der Waals surface area contributed by atoms with Crippen LogP contribution in [0, 0.1) is 0 Å². The standard InChI is InChI=1S/C28H31N3O4.3ClH/c1-33-23-13-11-22(12-14-23)28(20-24(28)34-2)27(32)35-26(21-8-4-3-5-9-21)31-18-16-30(17-19-31)25-10-6-7-15-29-25;;;/h3-15,24,26H,16-20H2,1-2H3;3*1H/t24-,26?,28-;;;/m0.../s1. The molecule has 7 nitrogen and oxygen atoms in total. The first kappa shape index (κ1) is 31.7. The zero-order valence-electron chi connectivity index (χ0n) is 21.4. The van der Waals surface area contributed by atoms with Crippen molar-refractivity contribution in [2.45, 2.75) is 24.2 Å². The minimum atomic E-state index is -0.802. The lowest BCUT2D eigenvalue weighted by Gasteiger charge is -2.39. The Morgan fingerprint density at radius 2 is 1.55 bits per heavy atom. The Morgan fingerprint density at radius 3 is 2.11 bits per heavy atom. The highest BCUT2D eigenvalue weighted by molar-refractivity contribution is 5.88. The molecule has 38 heavy (non-hydrogen) atoms. The summed E-state index contributed by atoms with van der Waals surface area (Å²) in [5, 5.41) is 0.